The van der Waals surface area contributed by atoms with Gasteiger partial charge in [-0.15, -0.1) is 0 Å². The van der Waals surface area contributed by atoms with E-state index < -0.39 is 5.60 Å². The zero-order chi connectivity index (χ0) is 31.1. The molecule has 0 N–H and O–H groups in total. The minimum atomic E-state index is -0.394. The van der Waals surface area contributed by atoms with Crippen molar-refractivity contribution < 1.29 is 23.8 Å². The van der Waals surface area contributed by atoms with Crippen molar-refractivity contribution in [2.24, 2.45) is 17.8 Å². The van der Waals surface area contributed by atoms with Crippen LogP contribution in [0, 0.1) is 42.9 Å². The number of aryl methyl sites for hydroxylation is 2. The SMILES string of the molecule is CCCCC1CN(CC2CO[C@@H]3OCCC23)C(=O)OC12CCN(C1(C)CCN(C(=O)c3c(C)cc(C#N)nc3C)CC1)CC2. The van der Waals surface area contributed by atoms with E-state index in [4.69, 9.17) is 14.2 Å². The van der Waals surface area contributed by atoms with E-state index in [0.717, 1.165) is 83.2 Å². The van der Waals surface area contributed by atoms with Crippen molar-refractivity contribution in [1.82, 2.24) is 19.7 Å². The summed E-state index contributed by atoms with van der Waals surface area (Å²) in [5.74, 6) is 1.04. The van der Waals surface area contributed by atoms with E-state index in [1.165, 1.54) is 0 Å². The van der Waals surface area contributed by atoms with Gasteiger partial charge in [-0.25, -0.2) is 9.78 Å². The van der Waals surface area contributed by atoms with E-state index in [0.29, 0.717) is 60.9 Å². The Hall–Kier alpha value is -2.74. The molecular formula is C34H49N5O5. The smallest absolute Gasteiger partial charge is 0.410 e. The topological polar surface area (TPSA) is 108 Å². The molecule has 0 radical (unpaired) electrons. The molecule has 1 aromatic heterocycles. The lowest BCUT2D eigenvalue weighted by Gasteiger charge is -2.55. The summed E-state index contributed by atoms with van der Waals surface area (Å²) in [4.78, 5) is 37.8. The number of pyridine rings is 1. The fraction of sp³-hybridized carbons (Fsp3) is 0.765. The quantitative estimate of drug-likeness (QED) is 0.440. The summed E-state index contributed by atoms with van der Waals surface area (Å²) in [7, 11) is 0. The van der Waals surface area contributed by atoms with E-state index in [-0.39, 0.29) is 23.8 Å². The first-order chi connectivity index (χ1) is 21.2. The molecule has 1 spiro atoms. The fourth-order valence-electron chi connectivity index (χ4n) is 8.62. The minimum Gasteiger partial charge on any atom is -0.442 e. The number of carbonyl (C=O) groups is 2. The highest BCUT2D eigenvalue weighted by atomic mass is 16.7. The Bertz CT molecular complexity index is 1260. The van der Waals surface area contributed by atoms with Gasteiger partial charge in [0.25, 0.3) is 5.91 Å². The van der Waals surface area contributed by atoms with Crippen LogP contribution in [0.4, 0.5) is 4.79 Å². The summed E-state index contributed by atoms with van der Waals surface area (Å²) < 4.78 is 18.1. The maximum absolute atomic E-state index is 13.5. The fourth-order valence-corrected chi connectivity index (χ4v) is 8.62. The molecule has 6 heterocycles. The molecule has 4 atom stereocenters. The number of amides is 2. The molecule has 5 aliphatic rings. The summed E-state index contributed by atoms with van der Waals surface area (Å²) in [6.45, 7) is 14.3. The molecule has 2 amide bonds. The third-order valence-corrected chi connectivity index (χ3v) is 11.5. The number of hydrogen-bond acceptors (Lipinski definition) is 8. The van der Waals surface area contributed by atoms with E-state index in [1.54, 1.807) is 6.07 Å². The molecule has 1 aromatic rings. The second kappa shape index (κ2) is 12.6. The number of nitriles is 1. The van der Waals surface area contributed by atoms with Gasteiger partial charge in [0.1, 0.15) is 17.4 Å². The first-order valence-corrected chi connectivity index (χ1v) is 16.8. The van der Waals surface area contributed by atoms with Crippen molar-refractivity contribution in [3.63, 3.8) is 0 Å². The van der Waals surface area contributed by atoms with Gasteiger partial charge in [0, 0.05) is 75.4 Å². The standard InChI is InChI=1S/C34H49N5O5/c1-5-6-7-26-21-38(20-25-22-43-31-28(25)8-17-42-31)32(41)44-34(26)11-15-39(16-12-34)33(4)9-13-37(14-10-33)30(40)29-23(2)18-27(19-35)36-24(29)3/h18,25-26,28,31H,5-17,20-22H2,1-4H3/t25?,26?,28?,31-/m0/s1. The molecule has 10 nitrogen and oxygen atoms in total. The Kier molecular flexibility index (Phi) is 8.93. The maximum Gasteiger partial charge on any atom is 0.410 e. The summed E-state index contributed by atoms with van der Waals surface area (Å²) >= 11 is 0. The van der Waals surface area contributed by atoms with Crippen LogP contribution < -0.4 is 0 Å². The molecule has 10 heteroatoms. The lowest BCUT2D eigenvalue weighted by Crippen LogP contribution is -2.64. The van der Waals surface area contributed by atoms with Crippen LogP contribution in [0.1, 0.15) is 92.5 Å². The Morgan fingerprint density at radius 1 is 1.14 bits per heavy atom. The van der Waals surface area contributed by atoms with Gasteiger partial charge in [-0.3, -0.25) is 9.69 Å². The van der Waals surface area contributed by atoms with E-state index in [9.17, 15) is 14.9 Å². The highest BCUT2D eigenvalue weighted by Crippen LogP contribution is 2.44. The number of piperidine rings is 2. The van der Waals surface area contributed by atoms with E-state index >= 15 is 0 Å². The third kappa shape index (κ3) is 5.83. The molecule has 44 heavy (non-hydrogen) atoms. The number of fused-ring (bicyclic) bond motifs is 1. The Morgan fingerprint density at radius 2 is 1.89 bits per heavy atom. The molecule has 5 saturated heterocycles. The van der Waals surface area contributed by atoms with Crippen molar-refractivity contribution in [2.45, 2.75) is 96.5 Å². The molecule has 0 saturated carbocycles. The lowest BCUT2D eigenvalue weighted by molar-refractivity contribution is -0.134. The zero-order valence-electron chi connectivity index (χ0n) is 27.0. The van der Waals surface area contributed by atoms with Crippen LogP contribution in [0.25, 0.3) is 0 Å². The number of rotatable bonds is 7. The predicted octanol–water partition coefficient (Wildman–Crippen LogP) is 4.67. The first-order valence-electron chi connectivity index (χ1n) is 16.8. The number of aromatic nitrogens is 1. The van der Waals surface area contributed by atoms with Crippen LogP contribution in [0.3, 0.4) is 0 Å². The van der Waals surface area contributed by atoms with Crippen LogP contribution in [0.5, 0.6) is 0 Å². The number of nitrogens with zero attached hydrogens (tertiary/aromatic N) is 5. The summed E-state index contributed by atoms with van der Waals surface area (Å²) in [6, 6.07) is 3.78. The van der Waals surface area contributed by atoms with Crippen molar-refractivity contribution >= 4 is 12.0 Å². The van der Waals surface area contributed by atoms with Crippen molar-refractivity contribution in [3.8, 4) is 6.07 Å². The van der Waals surface area contributed by atoms with Gasteiger partial charge in [0.2, 0.25) is 0 Å². The zero-order valence-corrected chi connectivity index (χ0v) is 27.0. The summed E-state index contributed by atoms with van der Waals surface area (Å²) in [6.07, 6.45) is 7.62. The number of likely N-dealkylation sites (tertiary alicyclic amines) is 2. The van der Waals surface area contributed by atoms with Crippen LogP contribution >= 0.6 is 0 Å². The van der Waals surface area contributed by atoms with Gasteiger partial charge in [-0.05, 0) is 58.1 Å². The molecule has 0 aliphatic carbocycles. The van der Waals surface area contributed by atoms with E-state index in [2.05, 4.69) is 29.8 Å². The van der Waals surface area contributed by atoms with Gasteiger partial charge in [0.15, 0.2) is 6.29 Å². The Labute approximate surface area is 262 Å². The minimum absolute atomic E-state index is 0.00259. The summed E-state index contributed by atoms with van der Waals surface area (Å²) in [5, 5.41) is 9.24. The second-order valence-corrected chi connectivity index (χ2v) is 14.1. The van der Waals surface area contributed by atoms with Crippen LogP contribution in [0.15, 0.2) is 6.07 Å². The van der Waals surface area contributed by atoms with Crippen LogP contribution in [-0.4, -0.2) is 102 Å². The van der Waals surface area contributed by atoms with Gasteiger partial charge in [-0.1, -0.05) is 19.8 Å². The van der Waals surface area contributed by atoms with Gasteiger partial charge in [-0.2, -0.15) is 5.26 Å². The van der Waals surface area contributed by atoms with Crippen LogP contribution in [-0.2, 0) is 14.2 Å². The molecular weight excluding hydrogens is 558 g/mol. The molecule has 3 unspecified atom stereocenters. The van der Waals surface area contributed by atoms with Crippen molar-refractivity contribution in [1.29, 1.82) is 5.26 Å². The van der Waals surface area contributed by atoms with Gasteiger partial charge >= 0.3 is 6.09 Å². The van der Waals surface area contributed by atoms with E-state index in [1.807, 2.05) is 23.6 Å². The van der Waals surface area contributed by atoms with Crippen LogP contribution in [0.2, 0.25) is 0 Å². The van der Waals surface area contributed by atoms with Gasteiger partial charge < -0.3 is 24.0 Å². The van der Waals surface area contributed by atoms with Gasteiger partial charge in [0.05, 0.1) is 24.5 Å². The second-order valence-electron chi connectivity index (χ2n) is 14.1. The molecule has 5 aliphatic heterocycles. The van der Waals surface area contributed by atoms with Crippen molar-refractivity contribution in [2.75, 3.05) is 52.5 Å². The lowest BCUT2D eigenvalue weighted by atomic mass is 9.74. The Morgan fingerprint density at radius 3 is 2.57 bits per heavy atom. The highest BCUT2D eigenvalue weighted by Gasteiger charge is 2.52. The molecule has 0 bridgehead atoms. The number of hydrogen-bond donors (Lipinski definition) is 0. The first kappa shape index (κ1) is 31.3. The molecule has 240 valence electrons. The number of unbranched alkanes of at least 4 members (excludes halogenated alkanes) is 1. The normalized spacial score (nSPS) is 29.8. The monoisotopic (exact) mass is 607 g/mol. The average Bonchev–Trinajstić information content (AvgIpc) is 3.63. The Balaban J connectivity index is 1.07. The average molecular weight is 608 g/mol. The maximum atomic E-state index is 13.5. The number of ether oxygens (including phenoxy) is 3. The molecule has 5 fully saturated rings. The molecule has 0 aromatic carbocycles. The number of carbonyl (C=O) groups excluding carboxylic acids is 2. The summed E-state index contributed by atoms with van der Waals surface area (Å²) in [5.41, 5.74) is 2.00. The van der Waals surface area contributed by atoms with Crippen molar-refractivity contribution in [3.05, 3.63) is 28.6 Å². The largest absolute Gasteiger partial charge is 0.442 e. The highest BCUT2D eigenvalue weighted by molar-refractivity contribution is 5.96. The predicted molar refractivity (Wildman–Crippen MR) is 164 cm³/mol. The third-order valence-electron chi connectivity index (χ3n) is 11.5. The molecule has 6 rings (SSSR count).